The third-order valence-electron chi connectivity index (χ3n) is 6.03. The highest BCUT2D eigenvalue weighted by Gasteiger charge is 2.39. The van der Waals surface area contributed by atoms with Gasteiger partial charge in [-0.25, -0.2) is 4.39 Å². The van der Waals surface area contributed by atoms with E-state index < -0.39 is 5.54 Å². The maximum atomic E-state index is 13.6. The number of nitrogens with two attached hydrogens (primary N) is 1. The predicted molar refractivity (Wildman–Crippen MR) is 102 cm³/mol. The molecule has 2 fully saturated rings. The molecule has 1 saturated carbocycles. The fraction of sp³-hybridized carbons (Fsp3) is 0.619. The normalized spacial score (nSPS) is 20.3. The lowest BCUT2D eigenvalue weighted by molar-refractivity contribution is -0.141. The van der Waals surface area contributed by atoms with Crippen molar-refractivity contribution in [1.29, 1.82) is 0 Å². The van der Waals surface area contributed by atoms with Crippen molar-refractivity contribution in [3.63, 3.8) is 0 Å². The number of likely N-dealkylation sites (tertiary alicyclic amines) is 1. The van der Waals surface area contributed by atoms with Gasteiger partial charge in [-0.15, -0.1) is 0 Å². The molecular weight excluding hydrogens is 345 g/mol. The Labute approximate surface area is 160 Å². The maximum Gasteiger partial charge on any atom is 0.242 e. The minimum Gasteiger partial charge on any atom is -0.352 e. The number of aryl methyl sites for hydroxylation is 1. The van der Waals surface area contributed by atoms with E-state index in [9.17, 15) is 14.0 Å². The summed E-state index contributed by atoms with van der Waals surface area (Å²) < 4.78 is 13.6. The summed E-state index contributed by atoms with van der Waals surface area (Å²) in [7, 11) is 0. The molecule has 2 aliphatic rings. The standard InChI is InChI=1S/C21H30FN3O2/c1-15-5-6-16(13-18(15)22)14-24-19(26)17-7-11-25(12-8-17)20(27)21(23)9-3-2-4-10-21/h5-6,13,17H,2-4,7-12,14,23H2,1H3,(H,24,26). The van der Waals surface area contributed by atoms with E-state index in [2.05, 4.69) is 5.32 Å². The van der Waals surface area contributed by atoms with Crippen molar-refractivity contribution in [2.75, 3.05) is 13.1 Å². The molecule has 1 saturated heterocycles. The van der Waals surface area contributed by atoms with Gasteiger partial charge in [-0.3, -0.25) is 9.59 Å². The van der Waals surface area contributed by atoms with Crippen LogP contribution < -0.4 is 11.1 Å². The Bertz CT molecular complexity index is 693. The molecule has 0 spiro atoms. The molecule has 3 N–H and O–H groups in total. The molecule has 148 valence electrons. The number of hydrogen-bond acceptors (Lipinski definition) is 3. The highest BCUT2D eigenvalue weighted by Crippen LogP contribution is 2.29. The van der Waals surface area contributed by atoms with Crippen LogP contribution in [0.3, 0.4) is 0 Å². The first kappa shape index (κ1) is 19.8. The summed E-state index contributed by atoms with van der Waals surface area (Å²) >= 11 is 0. The van der Waals surface area contributed by atoms with Crippen LogP contribution in [0.2, 0.25) is 0 Å². The average Bonchev–Trinajstić information content (AvgIpc) is 2.69. The van der Waals surface area contributed by atoms with Crippen molar-refractivity contribution in [2.24, 2.45) is 11.7 Å². The van der Waals surface area contributed by atoms with Crippen LogP contribution in [-0.2, 0) is 16.1 Å². The first-order chi connectivity index (χ1) is 12.9. The zero-order valence-electron chi connectivity index (χ0n) is 16.1. The number of nitrogens with one attached hydrogen (secondary N) is 1. The van der Waals surface area contributed by atoms with Gasteiger partial charge in [0.25, 0.3) is 0 Å². The fourth-order valence-corrected chi connectivity index (χ4v) is 4.14. The van der Waals surface area contributed by atoms with Crippen LogP contribution in [0, 0.1) is 18.7 Å². The summed E-state index contributed by atoms with van der Waals surface area (Å²) in [5.74, 6) is -0.337. The molecule has 5 nitrogen and oxygen atoms in total. The number of hydrogen-bond donors (Lipinski definition) is 2. The van der Waals surface area contributed by atoms with Crippen LogP contribution in [0.4, 0.5) is 4.39 Å². The van der Waals surface area contributed by atoms with Gasteiger partial charge in [0.15, 0.2) is 0 Å². The monoisotopic (exact) mass is 375 g/mol. The molecule has 0 unspecified atom stereocenters. The van der Waals surface area contributed by atoms with E-state index in [0.29, 0.717) is 38.0 Å². The van der Waals surface area contributed by atoms with Crippen LogP contribution in [0.1, 0.15) is 56.1 Å². The Hall–Kier alpha value is -1.95. The van der Waals surface area contributed by atoms with Crippen LogP contribution >= 0.6 is 0 Å². The second kappa shape index (κ2) is 8.38. The lowest BCUT2D eigenvalue weighted by Gasteiger charge is -2.39. The van der Waals surface area contributed by atoms with Crippen molar-refractivity contribution in [3.8, 4) is 0 Å². The van der Waals surface area contributed by atoms with Crippen LogP contribution in [0.5, 0.6) is 0 Å². The van der Waals surface area contributed by atoms with Crippen LogP contribution in [0.25, 0.3) is 0 Å². The molecule has 0 atom stereocenters. The molecule has 1 aromatic rings. The molecule has 1 aromatic carbocycles. The van der Waals surface area contributed by atoms with Crippen LogP contribution in [0.15, 0.2) is 18.2 Å². The summed E-state index contributed by atoms with van der Waals surface area (Å²) in [6, 6.07) is 5.00. The predicted octanol–water partition coefficient (Wildman–Crippen LogP) is 2.65. The van der Waals surface area contributed by atoms with Gasteiger partial charge in [-0.05, 0) is 49.8 Å². The molecule has 2 amide bonds. The third kappa shape index (κ3) is 4.67. The molecule has 1 heterocycles. The minimum absolute atomic E-state index is 0.0248. The number of carbonyl (C=O) groups is 2. The number of piperidine rings is 1. The number of carbonyl (C=O) groups excluding carboxylic acids is 2. The minimum atomic E-state index is -0.705. The van der Waals surface area contributed by atoms with E-state index >= 15 is 0 Å². The Morgan fingerprint density at radius 3 is 2.52 bits per heavy atom. The van der Waals surface area contributed by atoms with Gasteiger partial charge in [0.2, 0.25) is 11.8 Å². The lowest BCUT2D eigenvalue weighted by Crippen LogP contribution is -2.58. The molecule has 0 radical (unpaired) electrons. The average molecular weight is 375 g/mol. The molecule has 0 bridgehead atoms. The first-order valence-electron chi connectivity index (χ1n) is 10.00. The van der Waals surface area contributed by atoms with Gasteiger partial charge in [0, 0.05) is 25.6 Å². The second-order valence-corrected chi connectivity index (χ2v) is 8.08. The summed E-state index contributed by atoms with van der Waals surface area (Å²) in [5, 5.41) is 2.90. The summed E-state index contributed by atoms with van der Waals surface area (Å²) in [6.45, 7) is 3.19. The molecule has 3 rings (SSSR count). The Balaban J connectivity index is 1.47. The van der Waals surface area contributed by atoms with E-state index in [0.717, 1.165) is 37.7 Å². The van der Waals surface area contributed by atoms with Crippen molar-refractivity contribution < 1.29 is 14.0 Å². The molecule has 6 heteroatoms. The van der Waals surface area contributed by atoms with Gasteiger partial charge >= 0.3 is 0 Å². The van der Waals surface area contributed by atoms with E-state index in [-0.39, 0.29) is 23.5 Å². The lowest BCUT2D eigenvalue weighted by atomic mass is 9.81. The zero-order chi connectivity index (χ0) is 19.4. The number of rotatable bonds is 4. The highest BCUT2D eigenvalue weighted by atomic mass is 19.1. The molecular formula is C21H30FN3O2. The van der Waals surface area contributed by atoms with Gasteiger partial charge in [0.05, 0.1) is 5.54 Å². The quantitative estimate of drug-likeness (QED) is 0.849. The largest absolute Gasteiger partial charge is 0.352 e. The van der Waals surface area contributed by atoms with E-state index in [1.165, 1.54) is 6.07 Å². The van der Waals surface area contributed by atoms with Gasteiger partial charge in [0.1, 0.15) is 5.82 Å². The van der Waals surface area contributed by atoms with Gasteiger partial charge in [-0.2, -0.15) is 0 Å². The van der Waals surface area contributed by atoms with Crippen LogP contribution in [-0.4, -0.2) is 35.3 Å². The Kier molecular flexibility index (Phi) is 6.15. The number of halogens is 1. The van der Waals surface area contributed by atoms with Crippen molar-refractivity contribution >= 4 is 11.8 Å². The maximum absolute atomic E-state index is 13.6. The Morgan fingerprint density at radius 1 is 1.22 bits per heavy atom. The molecule has 1 aliphatic heterocycles. The molecule has 0 aromatic heterocycles. The van der Waals surface area contributed by atoms with E-state index in [1.54, 1.807) is 13.0 Å². The van der Waals surface area contributed by atoms with Crippen molar-refractivity contribution in [3.05, 3.63) is 35.1 Å². The summed E-state index contributed by atoms with van der Waals surface area (Å²) in [6.07, 6.45) is 6.01. The third-order valence-corrected chi connectivity index (χ3v) is 6.03. The summed E-state index contributed by atoms with van der Waals surface area (Å²) in [5.41, 5.74) is 7.00. The molecule has 27 heavy (non-hydrogen) atoms. The summed E-state index contributed by atoms with van der Waals surface area (Å²) in [4.78, 5) is 27.1. The fourth-order valence-electron chi connectivity index (χ4n) is 4.14. The van der Waals surface area contributed by atoms with E-state index in [4.69, 9.17) is 5.73 Å². The highest BCUT2D eigenvalue weighted by molar-refractivity contribution is 5.86. The number of benzene rings is 1. The number of nitrogens with zero attached hydrogens (tertiary/aromatic N) is 1. The van der Waals surface area contributed by atoms with Gasteiger partial charge in [-0.1, -0.05) is 31.4 Å². The first-order valence-corrected chi connectivity index (χ1v) is 10.00. The topological polar surface area (TPSA) is 75.4 Å². The Morgan fingerprint density at radius 2 is 1.89 bits per heavy atom. The molecule has 1 aliphatic carbocycles. The van der Waals surface area contributed by atoms with Gasteiger partial charge < -0.3 is 16.0 Å². The van der Waals surface area contributed by atoms with Crippen molar-refractivity contribution in [1.82, 2.24) is 10.2 Å². The SMILES string of the molecule is Cc1ccc(CNC(=O)C2CCN(C(=O)C3(N)CCCCC3)CC2)cc1F. The van der Waals surface area contributed by atoms with Crippen molar-refractivity contribution in [2.45, 2.75) is 64.0 Å². The second-order valence-electron chi connectivity index (χ2n) is 8.08. The van der Waals surface area contributed by atoms with E-state index in [1.807, 2.05) is 11.0 Å². The smallest absolute Gasteiger partial charge is 0.242 e. The number of amides is 2. The zero-order valence-corrected chi connectivity index (χ0v) is 16.1.